The standard InChI is InChI=1S/C14H22N4/c1-11-9-12(2)18(17-11)8-4-7-14(3,10-15)16-13-5-6-13/h9,13,16H,4-8H2,1-3H3. The zero-order chi connectivity index (χ0) is 13.2. The van der Waals surface area contributed by atoms with Gasteiger partial charge in [0.1, 0.15) is 5.54 Å². The number of aromatic nitrogens is 2. The van der Waals surface area contributed by atoms with E-state index in [1.54, 1.807) is 0 Å². The number of rotatable bonds is 6. The molecule has 0 spiro atoms. The number of hydrogen-bond donors (Lipinski definition) is 1. The van der Waals surface area contributed by atoms with E-state index in [4.69, 9.17) is 0 Å². The topological polar surface area (TPSA) is 53.6 Å². The SMILES string of the molecule is Cc1cc(C)n(CCCC(C)(C#N)NC2CC2)n1. The predicted molar refractivity (Wildman–Crippen MR) is 71.1 cm³/mol. The molecule has 1 aliphatic carbocycles. The molecule has 4 heteroatoms. The molecule has 2 rings (SSSR count). The molecule has 1 unspecified atom stereocenters. The Labute approximate surface area is 109 Å². The maximum absolute atomic E-state index is 9.28. The van der Waals surface area contributed by atoms with E-state index in [0.717, 1.165) is 25.1 Å². The normalized spacial score (nSPS) is 18.3. The minimum atomic E-state index is -0.378. The summed E-state index contributed by atoms with van der Waals surface area (Å²) >= 11 is 0. The van der Waals surface area contributed by atoms with Crippen molar-refractivity contribution in [3.05, 3.63) is 17.5 Å². The number of hydrogen-bond acceptors (Lipinski definition) is 3. The Morgan fingerprint density at radius 1 is 1.56 bits per heavy atom. The van der Waals surface area contributed by atoms with Gasteiger partial charge in [0.25, 0.3) is 0 Å². The van der Waals surface area contributed by atoms with E-state index in [0.29, 0.717) is 6.04 Å². The Bertz CT molecular complexity index is 453. The Morgan fingerprint density at radius 2 is 2.28 bits per heavy atom. The van der Waals surface area contributed by atoms with Gasteiger partial charge in [-0.3, -0.25) is 10.00 Å². The number of nitrogens with zero attached hydrogens (tertiary/aromatic N) is 3. The molecule has 1 N–H and O–H groups in total. The molecule has 0 amide bonds. The summed E-state index contributed by atoms with van der Waals surface area (Å²) in [5.74, 6) is 0. The van der Waals surface area contributed by atoms with Gasteiger partial charge in [-0.1, -0.05) is 0 Å². The minimum Gasteiger partial charge on any atom is -0.297 e. The van der Waals surface area contributed by atoms with Gasteiger partial charge in [-0.25, -0.2) is 0 Å². The predicted octanol–water partition coefficient (Wildman–Crippen LogP) is 2.31. The van der Waals surface area contributed by atoms with E-state index >= 15 is 0 Å². The first-order valence-corrected chi connectivity index (χ1v) is 6.72. The Morgan fingerprint density at radius 3 is 2.78 bits per heavy atom. The van der Waals surface area contributed by atoms with Crippen LogP contribution in [-0.2, 0) is 6.54 Å². The first-order valence-electron chi connectivity index (χ1n) is 6.72. The molecular weight excluding hydrogens is 224 g/mol. The summed E-state index contributed by atoms with van der Waals surface area (Å²) in [4.78, 5) is 0. The zero-order valence-corrected chi connectivity index (χ0v) is 11.5. The second kappa shape index (κ2) is 5.11. The zero-order valence-electron chi connectivity index (χ0n) is 11.5. The van der Waals surface area contributed by atoms with E-state index in [1.807, 2.05) is 18.5 Å². The van der Waals surface area contributed by atoms with Crippen molar-refractivity contribution in [2.75, 3.05) is 0 Å². The van der Waals surface area contributed by atoms with Crippen LogP contribution in [0.25, 0.3) is 0 Å². The second-order valence-corrected chi connectivity index (χ2v) is 5.62. The first kappa shape index (κ1) is 13.1. The molecule has 1 aromatic rings. The Kier molecular flexibility index (Phi) is 3.72. The summed E-state index contributed by atoms with van der Waals surface area (Å²) in [6.45, 7) is 6.99. The quantitative estimate of drug-likeness (QED) is 0.838. The molecule has 0 radical (unpaired) electrons. The lowest BCUT2D eigenvalue weighted by atomic mass is 9.97. The molecule has 1 saturated carbocycles. The summed E-state index contributed by atoms with van der Waals surface area (Å²) in [6.07, 6.45) is 4.29. The molecule has 1 aliphatic rings. The smallest absolute Gasteiger partial charge is 0.104 e. The average molecular weight is 246 g/mol. The van der Waals surface area contributed by atoms with Crippen molar-refractivity contribution >= 4 is 0 Å². The lowest BCUT2D eigenvalue weighted by molar-refractivity contribution is 0.384. The van der Waals surface area contributed by atoms with Gasteiger partial charge >= 0.3 is 0 Å². The van der Waals surface area contributed by atoms with Crippen molar-refractivity contribution in [1.82, 2.24) is 15.1 Å². The highest BCUT2D eigenvalue weighted by molar-refractivity contribution is 5.08. The summed E-state index contributed by atoms with van der Waals surface area (Å²) in [5, 5.41) is 17.2. The van der Waals surface area contributed by atoms with E-state index in [9.17, 15) is 5.26 Å². The van der Waals surface area contributed by atoms with Crippen LogP contribution >= 0.6 is 0 Å². The lowest BCUT2D eigenvalue weighted by Crippen LogP contribution is -2.42. The van der Waals surface area contributed by atoms with Crippen molar-refractivity contribution in [3.8, 4) is 6.07 Å². The van der Waals surface area contributed by atoms with Gasteiger partial charge in [0.15, 0.2) is 0 Å². The van der Waals surface area contributed by atoms with Crippen LogP contribution in [0.2, 0.25) is 0 Å². The molecular formula is C14H22N4. The van der Waals surface area contributed by atoms with Gasteiger partial charge < -0.3 is 0 Å². The van der Waals surface area contributed by atoms with E-state index in [-0.39, 0.29) is 5.54 Å². The largest absolute Gasteiger partial charge is 0.297 e. The van der Waals surface area contributed by atoms with E-state index in [2.05, 4.69) is 29.5 Å². The molecule has 0 saturated heterocycles. The van der Waals surface area contributed by atoms with Gasteiger partial charge in [-0.15, -0.1) is 0 Å². The fourth-order valence-corrected chi connectivity index (χ4v) is 2.32. The monoisotopic (exact) mass is 246 g/mol. The Hall–Kier alpha value is -1.34. The maximum Gasteiger partial charge on any atom is 0.104 e. The highest BCUT2D eigenvalue weighted by Crippen LogP contribution is 2.24. The maximum atomic E-state index is 9.28. The molecule has 1 aromatic heterocycles. The summed E-state index contributed by atoms with van der Waals surface area (Å²) in [5.41, 5.74) is 1.88. The third-order valence-corrected chi connectivity index (χ3v) is 3.50. The highest BCUT2D eigenvalue weighted by atomic mass is 15.3. The van der Waals surface area contributed by atoms with Crippen LogP contribution in [-0.4, -0.2) is 21.4 Å². The van der Waals surface area contributed by atoms with Crippen LogP contribution in [0.5, 0.6) is 0 Å². The third-order valence-electron chi connectivity index (χ3n) is 3.50. The van der Waals surface area contributed by atoms with Gasteiger partial charge in [0.2, 0.25) is 0 Å². The average Bonchev–Trinajstić information content (AvgIpc) is 3.05. The van der Waals surface area contributed by atoms with Crippen molar-refractivity contribution in [3.63, 3.8) is 0 Å². The Balaban J connectivity index is 1.83. The number of aryl methyl sites for hydroxylation is 3. The lowest BCUT2D eigenvalue weighted by Gasteiger charge is -2.23. The summed E-state index contributed by atoms with van der Waals surface area (Å²) < 4.78 is 2.03. The molecule has 1 fully saturated rings. The second-order valence-electron chi connectivity index (χ2n) is 5.62. The van der Waals surface area contributed by atoms with Crippen LogP contribution in [0.1, 0.15) is 44.0 Å². The van der Waals surface area contributed by atoms with Gasteiger partial charge in [0.05, 0.1) is 11.8 Å². The first-order chi connectivity index (χ1) is 8.52. The number of nitriles is 1. The molecule has 4 nitrogen and oxygen atoms in total. The van der Waals surface area contributed by atoms with Crippen LogP contribution in [0.4, 0.5) is 0 Å². The minimum absolute atomic E-state index is 0.378. The van der Waals surface area contributed by atoms with Crippen molar-refractivity contribution in [2.24, 2.45) is 0 Å². The van der Waals surface area contributed by atoms with Crippen LogP contribution < -0.4 is 5.32 Å². The number of nitrogens with one attached hydrogen (secondary N) is 1. The molecule has 0 aliphatic heterocycles. The van der Waals surface area contributed by atoms with Crippen molar-refractivity contribution in [1.29, 1.82) is 5.26 Å². The van der Waals surface area contributed by atoms with Gasteiger partial charge in [0, 0.05) is 18.3 Å². The van der Waals surface area contributed by atoms with E-state index in [1.165, 1.54) is 18.5 Å². The molecule has 0 aromatic carbocycles. The van der Waals surface area contributed by atoms with Gasteiger partial charge in [-0.05, 0) is 52.5 Å². The van der Waals surface area contributed by atoms with Crippen molar-refractivity contribution in [2.45, 2.75) is 64.6 Å². The fraction of sp³-hybridized carbons (Fsp3) is 0.714. The molecule has 98 valence electrons. The molecule has 1 heterocycles. The van der Waals surface area contributed by atoms with Crippen LogP contribution in [0.3, 0.4) is 0 Å². The molecule has 0 bridgehead atoms. The highest BCUT2D eigenvalue weighted by Gasteiger charge is 2.31. The summed E-state index contributed by atoms with van der Waals surface area (Å²) in [7, 11) is 0. The third kappa shape index (κ3) is 3.33. The summed E-state index contributed by atoms with van der Waals surface area (Å²) in [6, 6.07) is 5.08. The van der Waals surface area contributed by atoms with E-state index < -0.39 is 0 Å². The van der Waals surface area contributed by atoms with Crippen molar-refractivity contribution < 1.29 is 0 Å². The fourth-order valence-electron chi connectivity index (χ4n) is 2.32. The molecule has 18 heavy (non-hydrogen) atoms. The molecule has 1 atom stereocenters. The van der Waals surface area contributed by atoms with Crippen LogP contribution in [0, 0.1) is 25.2 Å². The van der Waals surface area contributed by atoms with Gasteiger partial charge in [-0.2, -0.15) is 10.4 Å². The van der Waals surface area contributed by atoms with Crippen LogP contribution in [0.15, 0.2) is 6.07 Å².